The number of sulfonamides is 2. The molecular formula is C24H28FN5O5S2. The highest BCUT2D eigenvalue weighted by atomic mass is 32.2. The van der Waals surface area contributed by atoms with E-state index in [0.29, 0.717) is 49.1 Å². The number of H-pyrrole nitrogens is 1. The summed E-state index contributed by atoms with van der Waals surface area (Å²) in [6.07, 6.45) is 4.23. The lowest BCUT2D eigenvalue weighted by Crippen LogP contribution is -2.45. The Morgan fingerprint density at radius 3 is 2.68 bits per heavy atom. The molecule has 3 heterocycles. The molecule has 13 heteroatoms. The number of nitrogens with one attached hydrogen (secondary N) is 3. The van der Waals surface area contributed by atoms with Crippen molar-refractivity contribution in [3.63, 3.8) is 0 Å². The van der Waals surface area contributed by atoms with E-state index < -0.39 is 20.0 Å². The van der Waals surface area contributed by atoms with Gasteiger partial charge in [-0.05, 0) is 61.8 Å². The Kier molecular flexibility index (Phi) is 7.07. The topological polar surface area (TPSA) is 137 Å². The minimum atomic E-state index is -3.57. The molecule has 37 heavy (non-hydrogen) atoms. The van der Waals surface area contributed by atoms with Crippen LogP contribution < -0.4 is 9.44 Å². The van der Waals surface area contributed by atoms with Crippen LogP contribution in [0.4, 0.5) is 4.39 Å². The molecule has 0 saturated carbocycles. The molecule has 0 radical (unpaired) electrons. The lowest BCUT2D eigenvalue weighted by molar-refractivity contribution is 0.217. The van der Waals surface area contributed by atoms with Crippen molar-refractivity contribution in [1.82, 2.24) is 24.3 Å². The minimum absolute atomic E-state index is 0.0704. The van der Waals surface area contributed by atoms with Crippen molar-refractivity contribution in [1.29, 1.82) is 0 Å². The third-order valence-corrected chi connectivity index (χ3v) is 8.54. The van der Waals surface area contributed by atoms with Crippen molar-refractivity contribution in [2.45, 2.75) is 25.4 Å². The number of nitrogens with zero attached hydrogens (tertiary/aromatic N) is 2. The summed E-state index contributed by atoms with van der Waals surface area (Å²) in [7, 11) is -6.82. The maximum absolute atomic E-state index is 13.5. The van der Waals surface area contributed by atoms with Gasteiger partial charge < -0.3 is 14.3 Å². The second kappa shape index (κ2) is 10.1. The summed E-state index contributed by atoms with van der Waals surface area (Å²) in [5, 5.41) is 0.879. The van der Waals surface area contributed by atoms with Gasteiger partial charge in [0.2, 0.25) is 25.9 Å². The molecule has 5 rings (SSSR count). The van der Waals surface area contributed by atoms with Gasteiger partial charge in [0.15, 0.2) is 5.58 Å². The zero-order valence-corrected chi connectivity index (χ0v) is 21.8. The Balaban J connectivity index is 1.18. The first-order valence-corrected chi connectivity index (χ1v) is 15.4. The van der Waals surface area contributed by atoms with Crippen molar-refractivity contribution in [2.75, 3.05) is 31.6 Å². The van der Waals surface area contributed by atoms with Crippen LogP contribution in [0.1, 0.15) is 18.7 Å². The van der Waals surface area contributed by atoms with E-state index in [9.17, 15) is 21.2 Å². The summed E-state index contributed by atoms with van der Waals surface area (Å²) in [5.41, 5.74) is 3.58. The van der Waals surface area contributed by atoms with Crippen molar-refractivity contribution in [3.8, 4) is 11.1 Å². The van der Waals surface area contributed by atoms with Gasteiger partial charge in [-0.3, -0.25) is 0 Å². The van der Waals surface area contributed by atoms with Gasteiger partial charge in [0, 0.05) is 35.2 Å². The SMILES string of the molecule is CS(=O)(=O)NC1CCN(CCS(=O)(=O)NCc2nc3ccc(-c4c[nH]c5cc(F)ccc45)cc3o2)CC1. The molecule has 198 valence electrons. The zero-order chi connectivity index (χ0) is 26.2. The Bertz CT molecular complexity index is 1640. The molecule has 1 saturated heterocycles. The third kappa shape index (κ3) is 6.36. The lowest BCUT2D eigenvalue weighted by Gasteiger charge is -2.31. The molecule has 1 aliphatic heterocycles. The minimum Gasteiger partial charge on any atom is -0.439 e. The number of aromatic nitrogens is 2. The summed E-state index contributed by atoms with van der Waals surface area (Å²) in [6, 6.07) is 9.98. The molecule has 2 aromatic carbocycles. The van der Waals surface area contributed by atoms with E-state index >= 15 is 0 Å². The number of likely N-dealkylation sites (tertiary alicyclic amines) is 1. The summed E-state index contributed by atoms with van der Waals surface area (Å²) in [5.74, 6) is -0.141. The molecule has 4 aromatic rings. The summed E-state index contributed by atoms with van der Waals surface area (Å²) < 4.78 is 72.3. The largest absolute Gasteiger partial charge is 0.439 e. The number of oxazole rings is 1. The number of rotatable bonds is 9. The molecule has 1 aliphatic rings. The molecule has 0 bridgehead atoms. The van der Waals surface area contributed by atoms with Crippen LogP contribution in [0.15, 0.2) is 47.0 Å². The molecule has 1 fully saturated rings. The zero-order valence-electron chi connectivity index (χ0n) is 20.2. The molecule has 2 aromatic heterocycles. The summed E-state index contributed by atoms with van der Waals surface area (Å²) >= 11 is 0. The average molecular weight is 550 g/mol. The van der Waals surface area contributed by atoms with Crippen molar-refractivity contribution in [3.05, 3.63) is 54.3 Å². The van der Waals surface area contributed by atoms with Gasteiger partial charge in [-0.1, -0.05) is 6.07 Å². The summed E-state index contributed by atoms with van der Waals surface area (Å²) in [4.78, 5) is 9.47. The molecule has 10 nitrogen and oxygen atoms in total. The first-order chi connectivity index (χ1) is 17.5. The number of aromatic amines is 1. The van der Waals surface area contributed by atoms with Crippen LogP contribution in [0, 0.1) is 5.82 Å². The maximum atomic E-state index is 13.5. The summed E-state index contributed by atoms with van der Waals surface area (Å²) in [6.45, 7) is 1.54. The Morgan fingerprint density at radius 2 is 1.92 bits per heavy atom. The van der Waals surface area contributed by atoms with Crippen molar-refractivity contribution < 1.29 is 25.6 Å². The van der Waals surface area contributed by atoms with E-state index in [-0.39, 0.29) is 30.0 Å². The van der Waals surface area contributed by atoms with Crippen LogP contribution in [0.3, 0.4) is 0 Å². The number of fused-ring (bicyclic) bond motifs is 2. The smallest absolute Gasteiger partial charge is 0.213 e. The van der Waals surface area contributed by atoms with E-state index in [0.717, 1.165) is 22.8 Å². The Hall–Kier alpha value is -2.84. The molecule has 3 N–H and O–H groups in total. The molecule has 0 spiro atoms. The van der Waals surface area contributed by atoms with Crippen LogP contribution in [0.5, 0.6) is 0 Å². The van der Waals surface area contributed by atoms with Crippen LogP contribution in [-0.2, 0) is 26.6 Å². The van der Waals surface area contributed by atoms with Gasteiger partial charge in [-0.2, -0.15) is 0 Å². The number of hydrogen-bond donors (Lipinski definition) is 3. The number of piperidine rings is 1. The molecule has 0 atom stereocenters. The highest BCUT2D eigenvalue weighted by Gasteiger charge is 2.23. The average Bonchev–Trinajstić information content (AvgIpc) is 3.44. The van der Waals surface area contributed by atoms with Crippen LogP contribution in [0.2, 0.25) is 0 Å². The van der Waals surface area contributed by atoms with Crippen molar-refractivity contribution in [2.24, 2.45) is 0 Å². The van der Waals surface area contributed by atoms with Crippen LogP contribution in [0.25, 0.3) is 33.1 Å². The number of benzene rings is 2. The first-order valence-electron chi connectivity index (χ1n) is 11.9. The standard InChI is InChI=1S/C24H28FN5O5S2/c1-36(31,32)29-18-6-8-30(9-7-18)10-11-37(33,34)27-15-24-28-21-5-2-16(12-23(21)35-24)20-14-26-22-13-17(25)3-4-19(20)22/h2-5,12-14,18,26-27,29H,6-11,15H2,1H3. The van der Waals surface area contributed by atoms with Crippen LogP contribution in [-0.4, -0.2) is 69.4 Å². The van der Waals surface area contributed by atoms with E-state index in [1.54, 1.807) is 18.3 Å². The van der Waals surface area contributed by atoms with E-state index in [2.05, 4.69) is 19.4 Å². The highest BCUT2D eigenvalue weighted by Crippen LogP contribution is 2.31. The second-order valence-electron chi connectivity index (χ2n) is 9.33. The van der Waals surface area contributed by atoms with Gasteiger partial charge in [-0.15, -0.1) is 0 Å². The van der Waals surface area contributed by atoms with Gasteiger partial charge in [-0.25, -0.2) is 35.7 Å². The van der Waals surface area contributed by atoms with Gasteiger partial charge in [0.1, 0.15) is 11.3 Å². The van der Waals surface area contributed by atoms with Crippen LogP contribution >= 0.6 is 0 Å². The highest BCUT2D eigenvalue weighted by molar-refractivity contribution is 7.89. The normalized spacial score (nSPS) is 16.2. The van der Waals surface area contributed by atoms with Gasteiger partial charge >= 0.3 is 0 Å². The fourth-order valence-electron chi connectivity index (χ4n) is 4.62. The quantitative estimate of drug-likeness (QED) is 0.292. The van der Waals surface area contributed by atoms with E-state index in [1.807, 2.05) is 17.0 Å². The number of hydrogen-bond acceptors (Lipinski definition) is 7. The first kappa shape index (κ1) is 25.8. The Labute approximate surface area is 214 Å². The van der Waals surface area contributed by atoms with Gasteiger partial charge in [0.25, 0.3) is 0 Å². The third-order valence-electron chi connectivity index (χ3n) is 6.48. The Morgan fingerprint density at radius 1 is 1.14 bits per heavy atom. The fraction of sp³-hybridized carbons (Fsp3) is 0.375. The van der Waals surface area contributed by atoms with Crippen molar-refractivity contribution >= 4 is 42.0 Å². The van der Waals surface area contributed by atoms with E-state index in [4.69, 9.17) is 4.42 Å². The second-order valence-corrected chi connectivity index (χ2v) is 13.0. The van der Waals surface area contributed by atoms with Gasteiger partial charge in [0.05, 0.1) is 18.6 Å². The lowest BCUT2D eigenvalue weighted by atomic mass is 10.0. The number of halogens is 1. The molecular weight excluding hydrogens is 521 g/mol. The molecule has 0 unspecified atom stereocenters. The van der Waals surface area contributed by atoms with E-state index in [1.165, 1.54) is 12.1 Å². The fourth-order valence-corrected chi connectivity index (χ4v) is 6.45. The maximum Gasteiger partial charge on any atom is 0.213 e. The monoisotopic (exact) mass is 549 g/mol. The molecule has 0 amide bonds. The predicted octanol–water partition coefficient (Wildman–Crippen LogP) is 2.55. The molecule has 0 aliphatic carbocycles. The predicted molar refractivity (Wildman–Crippen MR) is 139 cm³/mol.